The molecule has 5 atom stereocenters. The van der Waals surface area contributed by atoms with E-state index in [1.165, 1.54) is 17.7 Å². The number of alkyl halides is 2. The first kappa shape index (κ1) is 19.7. The van der Waals surface area contributed by atoms with E-state index in [0.717, 1.165) is 0 Å². The average Bonchev–Trinajstić information content (AvgIpc) is 2.99. The molecule has 2 heterocycles. The normalized spacial score (nSPS) is 37.8. The largest absolute Gasteiger partial charge is 0.392 e. The predicted molar refractivity (Wildman–Crippen MR) is 94.8 cm³/mol. The zero-order valence-corrected chi connectivity index (χ0v) is 15.8. The number of aromatic nitrogens is 1. The maximum atomic E-state index is 12.0. The molecule has 142 valence electrons. The molecule has 0 radical (unpaired) electrons. The SMILES string of the molecule is CC(=O)n1cc([C@@]2(O)[C@@H](O)[C@H](O)O[C@](Br)(CO)[C@]2(O)Cl)c2ccccc21. The number of hydrogen-bond acceptors (Lipinski definition) is 7. The Morgan fingerprint density at radius 3 is 2.54 bits per heavy atom. The summed E-state index contributed by atoms with van der Waals surface area (Å²) < 4.78 is 4.00. The van der Waals surface area contributed by atoms with Crippen LogP contribution in [-0.2, 0) is 10.3 Å². The van der Waals surface area contributed by atoms with Gasteiger partial charge in [-0.15, -0.1) is 0 Å². The Bertz CT molecular complexity index is 871. The number of para-hydroxylation sites is 1. The van der Waals surface area contributed by atoms with E-state index in [1.54, 1.807) is 24.3 Å². The minimum atomic E-state index is -2.82. The second-order valence-corrected chi connectivity index (χ2v) is 8.01. The smallest absolute Gasteiger partial charge is 0.227 e. The molecule has 1 saturated heterocycles. The summed E-state index contributed by atoms with van der Waals surface area (Å²) in [6.45, 7) is 0.357. The van der Waals surface area contributed by atoms with Gasteiger partial charge in [-0.3, -0.25) is 9.36 Å². The molecule has 0 amide bonds. The molecule has 0 saturated carbocycles. The van der Waals surface area contributed by atoms with Gasteiger partial charge in [0.2, 0.25) is 11.0 Å². The maximum absolute atomic E-state index is 12.0. The van der Waals surface area contributed by atoms with E-state index in [-0.39, 0.29) is 11.5 Å². The van der Waals surface area contributed by atoms with E-state index < -0.39 is 34.2 Å². The summed E-state index contributed by atoms with van der Waals surface area (Å²) in [6, 6.07) is 6.45. The fourth-order valence-corrected chi connectivity index (χ4v) is 4.06. The molecule has 2 aromatic rings. The number of nitrogens with zero attached hydrogens (tertiary/aromatic N) is 1. The fraction of sp³-hybridized carbons (Fsp3) is 0.438. The molecule has 0 bridgehead atoms. The van der Waals surface area contributed by atoms with Crippen LogP contribution in [0.2, 0.25) is 0 Å². The molecule has 1 fully saturated rings. The van der Waals surface area contributed by atoms with Gasteiger partial charge in [0.1, 0.15) is 6.10 Å². The lowest BCUT2D eigenvalue weighted by atomic mass is 9.77. The van der Waals surface area contributed by atoms with Gasteiger partial charge in [0.15, 0.2) is 16.4 Å². The lowest BCUT2D eigenvalue weighted by Crippen LogP contribution is -2.74. The van der Waals surface area contributed by atoms with Gasteiger partial charge in [0.05, 0.1) is 12.1 Å². The van der Waals surface area contributed by atoms with Crippen LogP contribution >= 0.6 is 27.5 Å². The van der Waals surface area contributed by atoms with Crippen molar-refractivity contribution in [1.82, 2.24) is 4.57 Å². The van der Waals surface area contributed by atoms with Gasteiger partial charge in [-0.05, 0) is 22.0 Å². The molecule has 8 nitrogen and oxygen atoms in total. The second-order valence-electron chi connectivity index (χ2n) is 6.18. The molecule has 1 aliphatic heterocycles. The molecule has 0 spiro atoms. The van der Waals surface area contributed by atoms with Crippen LogP contribution in [0.25, 0.3) is 10.9 Å². The van der Waals surface area contributed by atoms with Crippen molar-refractivity contribution in [2.75, 3.05) is 6.61 Å². The van der Waals surface area contributed by atoms with E-state index in [1.807, 2.05) is 0 Å². The van der Waals surface area contributed by atoms with Crippen molar-refractivity contribution in [3.8, 4) is 0 Å². The van der Waals surface area contributed by atoms with E-state index in [2.05, 4.69) is 15.9 Å². The molecule has 3 rings (SSSR count). The molecule has 1 aromatic carbocycles. The number of carbonyl (C=O) groups is 1. The van der Waals surface area contributed by atoms with Crippen molar-refractivity contribution >= 4 is 44.3 Å². The number of rotatable bonds is 2. The Balaban J connectivity index is 2.36. The van der Waals surface area contributed by atoms with Crippen molar-refractivity contribution in [1.29, 1.82) is 0 Å². The number of aliphatic hydroxyl groups is 5. The van der Waals surface area contributed by atoms with Crippen LogP contribution < -0.4 is 0 Å². The number of carbonyl (C=O) groups excluding carboxylic acids is 1. The van der Waals surface area contributed by atoms with Crippen LogP contribution in [0.15, 0.2) is 30.5 Å². The number of benzene rings is 1. The first-order valence-electron chi connectivity index (χ1n) is 7.60. The first-order valence-corrected chi connectivity index (χ1v) is 8.77. The summed E-state index contributed by atoms with van der Waals surface area (Å²) in [5.74, 6) is -0.386. The highest BCUT2D eigenvalue weighted by atomic mass is 79.9. The summed E-state index contributed by atoms with van der Waals surface area (Å²) in [5, 5.41) is 49.8. The van der Waals surface area contributed by atoms with Gasteiger partial charge in [-0.25, -0.2) is 0 Å². The highest BCUT2D eigenvalue weighted by molar-refractivity contribution is 9.10. The highest BCUT2D eigenvalue weighted by Gasteiger charge is 2.71. The topological polar surface area (TPSA) is 132 Å². The quantitative estimate of drug-likeness (QED) is 0.413. The first-order chi connectivity index (χ1) is 12.0. The van der Waals surface area contributed by atoms with Crippen LogP contribution in [0.1, 0.15) is 17.3 Å². The van der Waals surface area contributed by atoms with E-state index in [0.29, 0.717) is 10.9 Å². The van der Waals surface area contributed by atoms with Gasteiger partial charge in [0, 0.05) is 24.1 Å². The molecule has 10 heteroatoms. The van der Waals surface area contributed by atoms with Crippen LogP contribution in [0, 0.1) is 0 Å². The molecule has 0 aliphatic carbocycles. The van der Waals surface area contributed by atoms with Crippen molar-refractivity contribution in [2.45, 2.75) is 34.5 Å². The second kappa shape index (κ2) is 6.25. The van der Waals surface area contributed by atoms with E-state index >= 15 is 0 Å². The number of ether oxygens (including phenoxy) is 1. The van der Waals surface area contributed by atoms with Gasteiger partial charge >= 0.3 is 0 Å². The Kier molecular flexibility index (Phi) is 4.74. The zero-order valence-electron chi connectivity index (χ0n) is 13.5. The molecule has 1 aliphatic rings. The summed E-state index contributed by atoms with van der Waals surface area (Å²) in [7, 11) is 0. The van der Waals surface area contributed by atoms with Crippen molar-refractivity contribution in [3.05, 3.63) is 36.0 Å². The number of halogens is 2. The number of aliphatic hydroxyl groups excluding tert-OH is 3. The maximum Gasteiger partial charge on any atom is 0.227 e. The Morgan fingerprint density at radius 2 is 1.96 bits per heavy atom. The van der Waals surface area contributed by atoms with Gasteiger partial charge in [0.25, 0.3) is 0 Å². The predicted octanol–water partition coefficient (Wildman–Crippen LogP) is 0.209. The standard InChI is InChI=1S/C16H17BrClNO7/c1-8(21)19-6-10(9-4-2-3-5-11(9)19)15(24)12(22)13(23)26-14(17,7-20)16(15,18)25/h2-6,12-13,20,22-25H,7H2,1H3/t12-,13+,14+,15+,16+/m0/s1. The minimum Gasteiger partial charge on any atom is -0.392 e. The fourth-order valence-electron chi connectivity index (χ4n) is 3.24. The Labute approximate surface area is 161 Å². The van der Waals surface area contributed by atoms with Crippen LogP contribution in [-0.4, -0.2) is 64.6 Å². The Hall–Kier alpha value is -1.04. The van der Waals surface area contributed by atoms with Gasteiger partial charge in [-0.1, -0.05) is 29.8 Å². The highest BCUT2D eigenvalue weighted by Crippen LogP contribution is 2.55. The molecule has 0 unspecified atom stereocenters. The van der Waals surface area contributed by atoms with Gasteiger partial charge in [-0.2, -0.15) is 0 Å². The third-order valence-electron chi connectivity index (χ3n) is 4.67. The summed E-state index contributed by atoms with van der Waals surface area (Å²) in [6.07, 6.45) is -2.87. The molecule has 5 N–H and O–H groups in total. The minimum absolute atomic E-state index is 0.118. The summed E-state index contributed by atoms with van der Waals surface area (Å²) in [4.78, 5) is 12.0. The van der Waals surface area contributed by atoms with E-state index in [4.69, 9.17) is 16.3 Å². The van der Waals surface area contributed by atoms with Crippen LogP contribution in [0.5, 0.6) is 0 Å². The third kappa shape index (κ3) is 2.40. The number of fused-ring (bicyclic) bond motifs is 1. The molecule has 26 heavy (non-hydrogen) atoms. The summed E-state index contributed by atoms with van der Waals surface area (Å²) in [5.41, 5.74) is -2.43. The average molecular weight is 451 g/mol. The van der Waals surface area contributed by atoms with E-state index in [9.17, 15) is 30.3 Å². The lowest BCUT2D eigenvalue weighted by Gasteiger charge is -2.54. The van der Waals surface area contributed by atoms with Crippen molar-refractivity contribution in [2.24, 2.45) is 0 Å². The molecular formula is C16H17BrClNO7. The monoisotopic (exact) mass is 449 g/mol. The van der Waals surface area contributed by atoms with Crippen LogP contribution in [0.4, 0.5) is 0 Å². The van der Waals surface area contributed by atoms with Crippen LogP contribution in [0.3, 0.4) is 0 Å². The van der Waals surface area contributed by atoms with Gasteiger partial charge < -0.3 is 30.3 Å². The third-order valence-corrected chi connectivity index (χ3v) is 6.50. The zero-order chi connectivity index (χ0) is 19.5. The molecular weight excluding hydrogens is 434 g/mol. The Morgan fingerprint density at radius 1 is 1.35 bits per heavy atom. The number of hydrogen-bond donors (Lipinski definition) is 5. The lowest BCUT2D eigenvalue weighted by molar-refractivity contribution is -0.348. The summed E-state index contributed by atoms with van der Waals surface area (Å²) >= 11 is 9.08. The van der Waals surface area contributed by atoms with Crippen molar-refractivity contribution < 1.29 is 35.1 Å². The molecule has 1 aromatic heterocycles. The van der Waals surface area contributed by atoms with Crippen molar-refractivity contribution in [3.63, 3.8) is 0 Å².